The molecule has 0 amide bonds. The smallest absolute Gasteiger partial charge is 0.384 e. The average molecular weight is 427 g/mol. The van der Waals surface area contributed by atoms with E-state index >= 15 is 0 Å². The number of ether oxygens (including phenoxy) is 1. The Morgan fingerprint density at radius 2 is 1.84 bits per heavy atom. The van der Waals surface area contributed by atoms with Gasteiger partial charge in [-0.2, -0.15) is 0 Å². The molecule has 0 aromatic rings. The molecular formula is C26H34O5. The Labute approximate surface area is 184 Å². The summed E-state index contributed by atoms with van der Waals surface area (Å²) in [6.07, 6.45) is 5.51. The molecule has 6 saturated carbocycles. The summed E-state index contributed by atoms with van der Waals surface area (Å²) in [6.45, 7) is 6.50. The van der Waals surface area contributed by atoms with Crippen molar-refractivity contribution in [1.29, 1.82) is 0 Å². The van der Waals surface area contributed by atoms with Gasteiger partial charge < -0.3 is 14.9 Å². The van der Waals surface area contributed by atoms with Crippen LogP contribution in [0.5, 0.6) is 0 Å². The molecule has 2 N–H and O–H groups in total. The minimum atomic E-state index is -1.14. The number of esters is 1. The Balaban J connectivity index is 1.37. The molecule has 0 saturated heterocycles. The third-order valence-electron chi connectivity index (χ3n) is 11.1. The van der Waals surface area contributed by atoms with Crippen molar-refractivity contribution in [3.63, 3.8) is 0 Å². The van der Waals surface area contributed by atoms with Crippen molar-refractivity contribution in [2.24, 2.45) is 52.3 Å². The van der Waals surface area contributed by atoms with Gasteiger partial charge in [-0.25, -0.2) is 4.79 Å². The van der Waals surface area contributed by atoms with Gasteiger partial charge in [0.25, 0.3) is 0 Å². The van der Waals surface area contributed by atoms with Gasteiger partial charge in [0.05, 0.1) is 12.2 Å². The van der Waals surface area contributed by atoms with E-state index in [1.807, 2.05) is 0 Å². The molecule has 5 nitrogen and oxygen atoms in total. The monoisotopic (exact) mass is 426 g/mol. The highest BCUT2D eigenvalue weighted by Crippen LogP contribution is 2.81. The average Bonchev–Trinajstić information content (AvgIpc) is 3.61. The van der Waals surface area contributed by atoms with E-state index in [9.17, 15) is 19.8 Å². The summed E-state index contributed by atoms with van der Waals surface area (Å²) in [5.41, 5.74) is -2.53. The number of ketones is 1. The Morgan fingerprint density at radius 1 is 1.10 bits per heavy atom. The zero-order valence-electron chi connectivity index (χ0n) is 18.8. The largest absolute Gasteiger partial charge is 0.456 e. The number of hydrogen-bond donors (Lipinski definition) is 2. The zero-order chi connectivity index (χ0) is 22.0. The van der Waals surface area contributed by atoms with E-state index in [-0.39, 0.29) is 35.1 Å². The molecule has 6 fully saturated rings. The Kier molecular flexibility index (Phi) is 3.88. The van der Waals surface area contributed by atoms with Gasteiger partial charge in [0, 0.05) is 35.5 Å². The molecule has 168 valence electrons. The van der Waals surface area contributed by atoms with Gasteiger partial charge in [0.2, 0.25) is 0 Å². The maximum atomic E-state index is 12.3. The number of aliphatic hydroxyl groups is 2. The summed E-state index contributed by atoms with van der Waals surface area (Å²) in [4.78, 5) is 24.2. The number of Topliss-reactive ketones (excluding diaryl/α,β-unsaturated/α-hetero) is 1. The lowest BCUT2D eigenvalue weighted by atomic mass is 9.42. The van der Waals surface area contributed by atoms with Crippen molar-refractivity contribution in [2.45, 2.75) is 76.9 Å². The summed E-state index contributed by atoms with van der Waals surface area (Å²) < 4.78 is 4.99. The minimum Gasteiger partial charge on any atom is -0.456 e. The summed E-state index contributed by atoms with van der Waals surface area (Å²) in [5, 5.41) is 23.7. The van der Waals surface area contributed by atoms with E-state index in [4.69, 9.17) is 4.74 Å². The fourth-order valence-electron chi connectivity index (χ4n) is 9.52. The molecule has 0 radical (unpaired) electrons. The quantitative estimate of drug-likeness (QED) is 0.383. The fraction of sp³-hybridized carbons (Fsp3) is 0.846. The second-order valence-electron chi connectivity index (χ2n) is 12.0. The number of fused-ring (bicyclic) bond motifs is 10. The highest BCUT2D eigenvalue weighted by Gasteiger charge is 2.81. The van der Waals surface area contributed by atoms with Gasteiger partial charge in [0.15, 0.2) is 0 Å². The summed E-state index contributed by atoms with van der Waals surface area (Å²) in [7, 11) is 0. The van der Waals surface area contributed by atoms with Crippen LogP contribution in [0.25, 0.3) is 0 Å². The van der Waals surface area contributed by atoms with Crippen molar-refractivity contribution in [3.05, 3.63) is 0 Å². The van der Waals surface area contributed by atoms with Crippen LogP contribution in [0.4, 0.5) is 0 Å². The summed E-state index contributed by atoms with van der Waals surface area (Å²) in [5.74, 6) is 7.82. The van der Waals surface area contributed by atoms with Crippen molar-refractivity contribution in [1.82, 2.24) is 0 Å². The molecule has 0 spiro atoms. The highest BCUT2D eigenvalue weighted by molar-refractivity contribution is 5.88. The lowest BCUT2D eigenvalue weighted by molar-refractivity contribution is -0.218. The van der Waals surface area contributed by atoms with Crippen LogP contribution in [0.2, 0.25) is 0 Å². The van der Waals surface area contributed by atoms with E-state index < -0.39 is 17.2 Å². The molecule has 6 rings (SSSR count). The highest BCUT2D eigenvalue weighted by atomic mass is 16.5. The van der Waals surface area contributed by atoms with Crippen LogP contribution in [0.1, 0.15) is 65.7 Å². The molecule has 0 aliphatic heterocycles. The Morgan fingerprint density at radius 3 is 2.58 bits per heavy atom. The van der Waals surface area contributed by atoms with Crippen molar-refractivity contribution < 1.29 is 24.5 Å². The molecule has 0 aromatic heterocycles. The lowest BCUT2D eigenvalue weighted by Crippen LogP contribution is -2.65. The van der Waals surface area contributed by atoms with E-state index in [1.165, 1.54) is 0 Å². The van der Waals surface area contributed by atoms with E-state index in [0.717, 1.165) is 32.1 Å². The Hall–Kier alpha value is -1.38. The first-order valence-electron chi connectivity index (χ1n) is 12.3. The number of carbonyl (C=O) groups excluding carboxylic acids is 2. The SMILES string of the molecule is CCOC(=O)C#C[C@]1(O)C2C[C@H]2C2C3C4C[C@H]4[C@]4(O)CC(=O)CC[C@]4(C)C3CC[C@@]21C. The van der Waals surface area contributed by atoms with E-state index in [2.05, 4.69) is 25.7 Å². The normalized spacial score (nSPS) is 57.8. The predicted molar refractivity (Wildman–Crippen MR) is 112 cm³/mol. The van der Waals surface area contributed by atoms with Gasteiger partial charge in [-0.15, -0.1) is 0 Å². The second-order valence-corrected chi connectivity index (χ2v) is 12.0. The van der Waals surface area contributed by atoms with Gasteiger partial charge >= 0.3 is 5.97 Å². The topological polar surface area (TPSA) is 83.8 Å². The van der Waals surface area contributed by atoms with Crippen molar-refractivity contribution in [3.8, 4) is 11.8 Å². The van der Waals surface area contributed by atoms with Crippen LogP contribution in [0.3, 0.4) is 0 Å². The van der Waals surface area contributed by atoms with Crippen LogP contribution in [0.15, 0.2) is 0 Å². The van der Waals surface area contributed by atoms with Crippen molar-refractivity contribution >= 4 is 11.8 Å². The van der Waals surface area contributed by atoms with E-state index in [1.54, 1.807) is 6.92 Å². The third kappa shape index (κ3) is 2.27. The first-order chi connectivity index (χ1) is 14.6. The molecule has 0 aromatic carbocycles. The van der Waals surface area contributed by atoms with Crippen LogP contribution >= 0.6 is 0 Å². The second kappa shape index (κ2) is 5.94. The molecular weight excluding hydrogens is 392 g/mol. The molecule has 31 heavy (non-hydrogen) atoms. The Bertz CT molecular complexity index is 932. The fourth-order valence-corrected chi connectivity index (χ4v) is 9.52. The van der Waals surface area contributed by atoms with Crippen LogP contribution < -0.4 is 0 Å². The zero-order valence-corrected chi connectivity index (χ0v) is 18.8. The number of rotatable bonds is 1. The first-order valence-corrected chi connectivity index (χ1v) is 12.3. The molecule has 6 aliphatic carbocycles. The molecule has 0 heterocycles. The minimum absolute atomic E-state index is 0.141. The standard InChI is InChI=1S/C26H34O5/c1-4-31-20(28)7-10-25(29)19-12-16(19)22-21-15-11-18(15)26(30)13-14(27)5-8-23(26,2)17(21)6-9-24(22,25)3/h15-19,21-22,29-30H,4-6,8-9,11-13H2,1-3H3/t15?,16-,17?,18-,19?,21?,22?,23-,24+,25+,26-/m1/s1. The van der Waals surface area contributed by atoms with E-state index in [0.29, 0.717) is 42.4 Å². The maximum absolute atomic E-state index is 12.3. The molecule has 5 heteroatoms. The first kappa shape index (κ1) is 20.2. The van der Waals surface area contributed by atoms with Crippen LogP contribution in [-0.2, 0) is 14.3 Å². The van der Waals surface area contributed by atoms with Gasteiger partial charge in [-0.1, -0.05) is 19.8 Å². The number of carbonyl (C=O) groups is 2. The van der Waals surface area contributed by atoms with Gasteiger partial charge in [0.1, 0.15) is 11.4 Å². The van der Waals surface area contributed by atoms with Crippen molar-refractivity contribution in [2.75, 3.05) is 6.61 Å². The number of hydrogen-bond acceptors (Lipinski definition) is 5. The van der Waals surface area contributed by atoms with Gasteiger partial charge in [-0.3, -0.25) is 4.79 Å². The lowest BCUT2D eigenvalue weighted by Gasteiger charge is -2.63. The maximum Gasteiger partial charge on any atom is 0.384 e. The predicted octanol–water partition coefficient (Wildman–Crippen LogP) is 2.72. The molecule has 6 aliphatic rings. The third-order valence-corrected chi connectivity index (χ3v) is 11.1. The summed E-state index contributed by atoms with van der Waals surface area (Å²) in [6, 6.07) is 0. The molecule has 5 unspecified atom stereocenters. The van der Waals surface area contributed by atoms with Gasteiger partial charge in [-0.05, 0) is 74.5 Å². The molecule has 11 atom stereocenters. The van der Waals surface area contributed by atoms with Crippen LogP contribution in [0, 0.1) is 64.1 Å². The van der Waals surface area contributed by atoms with Crippen LogP contribution in [-0.4, -0.2) is 39.8 Å². The summed E-state index contributed by atoms with van der Waals surface area (Å²) >= 11 is 0. The molecule has 0 bridgehead atoms.